The van der Waals surface area contributed by atoms with Gasteiger partial charge >= 0.3 is 0 Å². The minimum atomic E-state index is -3.68. The van der Waals surface area contributed by atoms with Gasteiger partial charge in [0.05, 0.1) is 10.6 Å². The first-order valence-corrected chi connectivity index (χ1v) is 8.00. The van der Waals surface area contributed by atoms with Gasteiger partial charge in [-0.1, -0.05) is 6.92 Å². The Labute approximate surface area is 119 Å². The summed E-state index contributed by atoms with van der Waals surface area (Å²) in [6, 6.07) is 2.26. The summed E-state index contributed by atoms with van der Waals surface area (Å²) in [5, 5.41) is 0. The Hall–Kier alpha value is -1.18. The number of nitrogens with two attached hydrogens (primary N) is 1. The maximum atomic E-state index is 13.2. The zero-order valence-corrected chi connectivity index (χ0v) is 12.6. The quantitative estimate of drug-likeness (QED) is 0.567. The number of aryl methyl sites for hydroxylation is 1. The van der Waals surface area contributed by atoms with Crippen LogP contribution >= 0.6 is 0 Å². The standard InChI is InChI=1S/C13H21FN2O3S/c1-3-6-19-7-4-5-16-20(17,18)13-9-12(15)11(14)8-10(13)2/h8-9,16H,3-7,15H2,1-2H3. The van der Waals surface area contributed by atoms with Crippen molar-refractivity contribution in [2.45, 2.75) is 31.6 Å². The van der Waals surface area contributed by atoms with E-state index in [2.05, 4.69) is 4.72 Å². The third-order valence-corrected chi connectivity index (χ3v) is 4.29. The number of hydrogen-bond acceptors (Lipinski definition) is 4. The molecule has 20 heavy (non-hydrogen) atoms. The minimum Gasteiger partial charge on any atom is -0.396 e. The molecule has 0 bridgehead atoms. The average molecular weight is 304 g/mol. The molecule has 1 aromatic carbocycles. The van der Waals surface area contributed by atoms with Gasteiger partial charge in [-0.25, -0.2) is 17.5 Å². The van der Waals surface area contributed by atoms with Gasteiger partial charge in [-0.15, -0.1) is 0 Å². The molecule has 0 aromatic heterocycles. The molecule has 0 spiro atoms. The van der Waals surface area contributed by atoms with Crippen molar-refractivity contribution in [1.29, 1.82) is 0 Å². The van der Waals surface area contributed by atoms with Gasteiger partial charge in [-0.05, 0) is 37.5 Å². The van der Waals surface area contributed by atoms with Crippen LogP contribution in [0.5, 0.6) is 0 Å². The monoisotopic (exact) mass is 304 g/mol. The molecule has 0 heterocycles. The van der Waals surface area contributed by atoms with E-state index in [-0.39, 0.29) is 17.1 Å². The van der Waals surface area contributed by atoms with E-state index in [0.717, 1.165) is 18.6 Å². The second-order valence-electron chi connectivity index (χ2n) is 4.50. The lowest BCUT2D eigenvalue weighted by atomic mass is 10.2. The normalized spacial score (nSPS) is 11.8. The van der Waals surface area contributed by atoms with E-state index in [4.69, 9.17) is 10.5 Å². The van der Waals surface area contributed by atoms with Crippen LogP contribution in [0.25, 0.3) is 0 Å². The fraction of sp³-hybridized carbons (Fsp3) is 0.538. The van der Waals surface area contributed by atoms with Crippen LogP contribution in [0, 0.1) is 12.7 Å². The molecule has 1 rings (SSSR count). The van der Waals surface area contributed by atoms with E-state index in [0.29, 0.717) is 25.2 Å². The molecular formula is C13H21FN2O3S. The number of hydrogen-bond donors (Lipinski definition) is 2. The number of ether oxygens (including phenoxy) is 1. The minimum absolute atomic E-state index is 0.00544. The Bertz CT molecular complexity index is 547. The SMILES string of the molecule is CCCOCCCNS(=O)(=O)c1cc(N)c(F)cc1C. The third kappa shape index (κ3) is 4.73. The Morgan fingerprint density at radius 3 is 2.70 bits per heavy atom. The number of halogens is 1. The van der Waals surface area contributed by atoms with Crippen LogP contribution in [0.2, 0.25) is 0 Å². The fourth-order valence-corrected chi connectivity index (χ4v) is 3.00. The molecule has 7 heteroatoms. The van der Waals surface area contributed by atoms with E-state index in [1.807, 2.05) is 6.92 Å². The first-order chi connectivity index (χ1) is 9.38. The largest absolute Gasteiger partial charge is 0.396 e. The molecule has 0 saturated heterocycles. The van der Waals surface area contributed by atoms with E-state index in [1.54, 1.807) is 0 Å². The Kier molecular flexibility index (Phi) is 6.38. The van der Waals surface area contributed by atoms with Crippen molar-refractivity contribution in [3.63, 3.8) is 0 Å². The molecule has 0 atom stereocenters. The molecule has 5 nitrogen and oxygen atoms in total. The smallest absolute Gasteiger partial charge is 0.240 e. The highest BCUT2D eigenvalue weighted by molar-refractivity contribution is 7.89. The van der Waals surface area contributed by atoms with Crippen molar-refractivity contribution in [3.05, 3.63) is 23.5 Å². The molecule has 0 fully saturated rings. The third-order valence-electron chi connectivity index (χ3n) is 2.69. The maximum absolute atomic E-state index is 13.2. The second kappa shape index (κ2) is 7.56. The van der Waals surface area contributed by atoms with E-state index in [1.165, 1.54) is 6.92 Å². The van der Waals surface area contributed by atoms with Gasteiger partial charge < -0.3 is 10.5 Å². The summed E-state index contributed by atoms with van der Waals surface area (Å²) in [5.41, 5.74) is 5.56. The molecule has 3 N–H and O–H groups in total. The average Bonchev–Trinajstić information content (AvgIpc) is 2.37. The molecule has 0 aliphatic rings. The lowest BCUT2D eigenvalue weighted by Gasteiger charge is -2.10. The Balaban J connectivity index is 2.63. The topological polar surface area (TPSA) is 81.4 Å². The van der Waals surface area contributed by atoms with Crippen LogP contribution in [0.4, 0.5) is 10.1 Å². The van der Waals surface area contributed by atoms with Gasteiger partial charge in [0.25, 0.3) is 0 Å². The van der Waals surface area contributed by atoms with Crippen LogP contribution in [0.1, 0.15) is 25.3 Å². The molecule has 0 amide bonds. The Morgan fingerprint density at radius 1 is 1.35 bits per heavy atom. The zero-order chi connectivity index (χ0) is 15.2. The first-order valence-electron chi connectivity index (χ1n) is 6.51. The summed E-state index contributed by atoms with van der Waals surface area (Å²) in [4.78, 5) is 0.00544. The van der Waals surface area contributed by atoms with Gasteiger partial charge in [0.2, 0.25) is 10.0 Å². The van der Waals surface area contributed by atoms with Crippen LogP contribution < -0.4 is 10.5 Å². The predicted molar refractivity (Wildman–Crippen MR) is 76.5 cm³/mol. The molecule has 0 saturated carbocycles. The van der Waals surface area contributed by atoms with Crippen molar-refractivity contribution in [3.8, 4) is 0 Å². The van der Waals surface area contributed by atoms with Gasteiger partial charge in [0.15, 0.2) is 0 Å². The van der Waals surface area contributed by atoms with E-state index in [9.17, 15) is 12.8 Å². The summed E-state index contributed by atoms with van der Waals surface area (Å²) in [7, 11) is -3.68. The van der Waals surface area contributed by atoms with Crippen molar-refractivity contribution < 1.29 is 17.5 Å². The van der Waals surface area contributed by atoms with Crippen molar-refractivity contribution in [2.24, 2.45) is 0 Å². The van der Waals surface area contributed by atoms with Crippen LogP contribution in [-0.2, 0) is 14.8 Å². The van der Waals surface area contributed by atoms with E-state index >= 15 is 0 Å². The highest BCUT2D eigenvalue weighted by Crippen LogP contribution is 2.21. The van der Waals surface area contributed by atoms with Crippen molar-refractivity contribution in [1.82, 2.24) is 4.72 Å². The summed E-state index contributed by atoms with van der Waals surface area (Å²) in [5.74, 6) is -0.616. The number of sulfonamides is 1. The molecule has 0 aliphatic carbocycles. The lowest BCUT2D eigenvalue weighted by Crippen LogP contribution is -2.26. The Morgan fingerprint density at radius 2 is 2.05 bits per heavy atom. The van der Waals surface area contributed by atoms with Gasteiger partial charge in [0.1, 0.15) is 5.82 Å². The van der Waals surface area contributed by atoms with Crippen LogP contribution in [0.3, 0.4) is 0 Å². The molecular weight excluding hydrogens is 283 g/mol. The number of benzene rings is 1. The molecule has 1 aromatic rings. The van der Waals surface area contributed by atoms with Gasteiger partial charge in [0, 0.05) is 19.8 Å². The highest BCUT2D eigenvalue weighted by atomic mass is 32.2. The van der Waals surface area contributed by atoms with Crippen LogP contribution in [0.15, 0.2) is 17.0 Å². The molecule has 0 unspecified atom stereocenters. The van der Waals surface area contributed by atoms with Gasteiger partial charge in [-0.3, -0.25) is 0 Å². The summed E-state index contributed by atoms with van der Waals surface area (Å²) in [6.07, 6.45) is 1.51. The lowest BCUT2D eigenvalue weighted by molar-refractivity contribution is 0.133. The van der Waals surface area contributed by atoms with E-state index < -0.39 is 15.8 Å². The van der Waals surface area contributed by atoms with Crippen molar-refractivity contribution in [2.75, 3.05) is 25.5 Å². The number of nitrogen functional groups attached to an aromatic ring is 1. The zero-order valence-electron chi connectivity index (χ0n) is 11.8. The number of nitrogens with one attached hydrogen (secondary N) is 1. The second-order valence-corrected chi connectivity index (χ2v) is 6.24. The number of anilines is 1. The predicted octanol–water partition coefficient (Wildman–Crippen LogP) is 1.81. The fourth-order valence-electron chi connectivity index (χ4n) is 1.66. The molecule has 114 valence electrons. The van der Waals surface area contributed by atoms with Crippen molar-refractivity contribution >= 4 is 15.7 Å². The van der Waals surface area contributed by atoms with Crippen LogP contribution in [-0.4, -0.2) is 28.2 Å². The highest BCUT2D eigenvalue weighted by Gasteiger charge is 2.18. The summed E-state index contributed by atoms with van der Waals surface area (Å²) < 4.78 is 45.1. The molecule has 0 aliphatic heterocycles. The maximum Gasteiger partial charge on any atom is 0.240 e. The molecule has 0 radical (unpaired) electrons. The number of rotatable bonds is 8. The first kappa shape index (κ1) is 16.9. The van der Waals surface area contributed by atoms with Gasteiger partial charge in [-0.2, -0.15) is 0 Å². The summed E-state index contributed by atoms with van der Waals surface area (Å²) in [6.45, 7) is 4.97. The summed E-state index contributed by atoms with van der Waals surface area (Å²) >= 11 is 0.